The number of morpholine rings is 1. The molecule has 1 saturated heterocycles. The molecule has 1 fully saturated rings. The van der Waals surface area contributed by atoms with Gasteiger partial charge in [0.2, 0.25) is 10.0 Å². The van der Waals surface area contributed by atoms with Gasteiger partial charge in [0.25, 0.3) is 11.6 Å². The molecule has 164 valence electrons. The molecule has 0 aliphatic carbocycles. The van der Waals surface area contributed by atoms with Crippen molar-refractivity contribution in [1.29, 1.82) is 0 Å². The van der Waals surface area contributed by atoms with Gasteiger partial charge in [-0.15, -0.1) is 0 Å². The van der Waals surface area contributed by atoms with Crippen molar-refractivity contribution >= 4 is 33.3 Å². The molecule has 0 unspecified atom stereocenters. The molecule has 1 amide bonds. The molecule has 2 aromatic carbocycles. The van der Waals surface area contributed by atoms with Gasteiger partial charge in [-0.05, 0) is 24.3 Å². The summed E-state index contributed by atoms with van der Waals surface area (Å²) in [6.45, 7) is 1.04. The minimum absolute atomic E-state index is 0.0125. The van der Waals surface area contributed by atoms with Crippen LogP contribution in [0.2, 0.25) is 0 Å². The third-order valence-corrected chi connectivity index (χ3v) is 6.41. The van der Waals surface area contributed by atoms with Crippen LogP contribution in [0.3, 0.4) is 0 Å². The van der Waals surface area contributed by atoms with E-state index in [2.05, 4.69) is 10.1 Å². The highest BCUT2D eigenvalue weighted by Gasteiger charge is 2.26. The van der Waals surface area contributed by atoms with Crippen molar-refractivity contribution in [2.45, 2.75) is 4.90 Å². The Bertz CT molecular complexity index is 1130. The third-order valence-electron chi connectivity index (χ3n) is 4.51. The summed E-state index contributed by atoms with van der Waals surface area (Å²) < 4.78 is 36.6. The second kappa shape index (κ2) is 9.20. The Balaban J connectivity index is 1.87. The van der Waals surface area contributed by atoms with Crippen LogP contribution >= 0.6 is 0 Å². The fraction of sp³-hybridized carbons (Fsp3) is 0.263. The van der Waals surface area contributed by atoms with Gasteiger partial charge < -0.3 is 14.8 Å². The van der Waals surface area contributed by atoms with Gasteiger partial charge in [-0.25, -0.2) is 13.2 Å². The summed E-state index contributed by atoms with van der Waals surface area (Å²) in [4.78, 5) is 34.8. The summed E-state index contributed by atoms with van der Waals surface area (Å²) in [6, 6.07) is 8.81. The molecule has 0 bridgehead atoms. The number of nitrogens with zero attached hydrogens (tertiary/aromatic N) is 2. The van der Waals surface area contributed by atoms with Crippen molar-refractivity contribution < 1.29 is 32.4 Å². The first kappa shape index (κ1) is 22.3. The lowest BCUT2D eigenvalue weighted by molar-refractivity contribution is -0.384. The number of amides is 1. The fourth-order valence-electron chi connectivity index (χ4n) is 2.96. The zero-order valence-corrected chi connectivity index (χ0v) is 17.3. The number of hydrogen-bond donors (Lipinski definition) is 1. The number of carbonyl (C=O) groups excluding carboxylic acids is 2. The molecular formula is C19H19N3O8S. The Labute approximate surface area is 177 Å². The molecular weight excluding hydrogens is 430 g/mol. The van der Waals surface area contributed by atoms with Crippen molar-refractivity contribution in [2.24, 2.45) is 0 Å². The molecule has 1 aliphatic rings. The van der Waals surface area contributed by atoms with Gasteiger partial charge in [-0.2, -0.15) is 4.31 Å². The lowest BCUT2D eigenvalue weighted by Crippen LogP contribution is -2.40. The molecule has 2 aromatic rings. The van der Waals surface area contributed by atoms with E-state index in [-0.39, 0.29) is 34.8 Å². The van der Waals surface area contributed by atoms with Crippen LogP contribution in [0.15, 0.2) is 47.4 Å². The van der Waals surface area contributed by atoms with E-state index in [0.29, 0.717) is 13.2 Å². The van der Waals surface area contributed by atoms with Gasteiger partial charge in [0, 0.05) is 36.5 Å². The van der Waals surface area contributed by atoms with Crippen LogP contribution in [0.1, 0.15) is 20.7 Å². The van der Waals surface area contributed by atoms with Gasteiger partial charge in [0.1, 0.15) is 0 Å². The average Bonchev–Trinajstić information content (AvgIpc) is 2.78. The summed E-state index contributed by atoms with van der Waals surface area (Å²) in [7, 11) is -2.66. The molecule has 3 rings (SSSR count). The molecule has 11 nitrogen and oxygen atoms in total. The third kappa shape index (κ3) is 5.05. The Morgan fingerprint density at radius 2 is 1.81 bits per heavy atom. The predicted molar refractivity (Wildman–Crippen MR) is 108 cm³/mol. The van der Waals surface area contributed by atoms with Crippen molar-refractivity contribution in [2.75, 3.05) is 38.7 Å². The maximum Gasteiger partial charge on any atom is 0.338 e. The number of hydrogen-bond acceptors (Lipinski definition) is 8. The first-order valence-electron chi connectivity index (χ1n) is 9.09. The minimum atomic E-state index is -3.77. The topological polar surface area (TPSA) is 145 Å². The Kier molecular flexibility index (Phi) is 6.63. The Hall–Kier alpha value is -3.35. The summed E-state index contributed by atoms with van der Waals surface area (Å²) >= 11 is 0. The van der Waals surface area contributed by atoms with Crippen molar-refractivity contribution in [3.05, 3.63) is 63.7 Å². The largest absolute Gasteiger partial charge is 0.465 e. The van der Waals surface area contributed by atoms with Crippen molar-refractivity contribution in [3.8, 4) is 0 Å². The number of benzene rings is 2. The van der Waals surface area contributed by atoms with Gasteiger partial charge in [-0.1, -0.05) is 6.07 Å². The summed E-state index contributed by atoms with van der Waals surface area (Å²) in [5.74, 6) is -1.59. The van der Waals surface area contributed by atoms with Gasteiger partial charge in [0.05, 0.1) is 35.7 Å². The first-order chi connectivity index (χ1) is 14.7. The number of ether oxygens (including phenoxy) is 2. The molecule has 1 heterocycles. The number of rotatable bonds is 6. The van der Waals surface area contributed by atoms with Crippen LogP contribution in [-0.4, -0.2) is 62.9 Å². The minimum Gasteiger partial charge on any atom is -0.465 e. The summed E-state index contributed by atoms with van der Waals surface area (Å²) in [5.41, 5.74) is -0.608. The Morgan fingerprint density at radius 1 is 1.13 bits per heavy atom. The zero-order chi connectivity index (χ0) is 22.6. The van der Waals surface area contributed by atoms with E-state index in [1.54, 1.807) is 0 Å². The van der Waals surface area contributed by atoms with Crippen molar-refractivity contribution in [3.63, 3.8) is 0 Å². The SMILES string of the molecule is COC(=O)c1cc(C(=O)Nc2cccc(S(=O)(=O)N3CCOCC3)c2)cc([N+](=O)[O-])c1. The second-order valence-electron chi connectivity index (χ2n) is 6.52. The highest BCUT2D eigenvalue weighted by molar-refractivity contribution is 7.89. The molecule has 12 heteroatoms. The molecule has 0 radical (unpaired) electrons. The van der Waals surface area contributed by atoms with Crippen molar-refractivity contribution in [1.82, 2.24) is 4.31 Å². The number of non-ortho nitro benzene ring substituents is 1. The van der Waals surface area contributed by atoms with E-state index >= 15 is 0 Å². The molecule has 31 heavy (non-hydrogen) atoms. The zero-order valence-electron chi connectivity index (χ0n) is 16.4. The predicted octanol–water partition coefficient (Wildman–Crippen LogP) is 1.65. The Morgan fingerprint density at radius 3 is 2.45 bits per heavy atom. The molecule has 0 aromatic heterocycles. The number of nitro benzene ring substituents is 1. The van der Waals surface area contributed by atoms with Gasteiger partial charge in [0.15, 0.2) is 0 Å². The standard InChI is InChI=1S/C19H19N3O8S/c1-29-19(24)14-9-13(10-16(11-14)22(25)26)18(23)20-15-3-2-4-17(12-15)31(27,28)21-5-7-30-8-6-21/h2-4,9-12H,5-8H2,1H3,(H,20,23). The molecule has 1 aliphatic heterocycles. The number of anilines is 1. The van der Waals surface area contributed by atoms with Crippen LogP contribution in [0, 0.1) is 10.1 Å². The molecule has 0 atom stereocenters. The van der Waals surface area contributed by atoms with E-state index in [1.165, 1.54) is 28.6 Å². The highest BCUT2D eigenvalue weighted by atomic mass is 32.2. The van der Waals surface area contributed by atoms with Crippen LogP contribution in [0.5, 0.6) is 0 Å². The quantitative estimate of drug-likeness (QED) is 0.398. The highest BCUT2D eigenvalue weighted by Crippen LogP contribution is 2.23. The lowest BCUT2D eigenvalue weighted by Gasteiger charge is -2.26. The maximum absolute atomic E-state index is 12.8. The van der Waals surface area contributed by atoms with Crippen LogP contribution < -0.4 is 5.32 Å². The van der Waals surface area contributed by atoms with E-state index in [1.807, 2.05) is 0 Å². The number of nitro groups is 1. The lowest BCUT2D eigenvalue weighted by atomic mass is 10.1. The average molecular weight is 449 g/mol. The molecule has 0 spiro atoms. The van der Waals surface area contributed by atoms with Crippen LogP contribution in [0.4, 0.5) is 11.4 Å². The number of carbonyl (C=O) groups is 2. The first-order valence-corrected chi connectivity index (χ1v) is 10.5. The maximum atomic E-state index is 12.8. The number of methoxy groups -OCH3 is 1. The number of nitrogens with one attached hydrogen (secondary N) is 1. The number of sulfonamides is 1. The van der Waals surface area contributed by atoms with E-state index in [0.717, 1.165) is 25.3 Å². The van der Waals surface area contributed by atoms with Crippen LogP contribution in [-0.2, 0) is 19.5 Å². The molecule has 0 saturated carbocycles. The van der Waals surface area contributed by atoms with E-state index in [4.69, 9.17) is 4.74 Å². The monoisotopic (exact) mass is 449 g/mol. The summed E-state index contributed by atoms with van der Waals surface area (Å²) in [6.07, 6.45) is 0. The van der Waals surface area contributed by atoms with E-state index < -0.39 is 32.5 Å². The summed E-state index contributed by atoms with van der Waals surface area (Å²) in [5, 5.41) is 13.6. The van der Waals surface area contributed by atoms with Gasteiger partial charge in [-0.3, -0.25) is 14.9 Å². The second-order valence-corrected chi connectivity index (χ2v) is 8.45. The van der Waals surface area contributed by atoms with E-state index in [9.17, 15) is 28.1 Å². The molecule has 1 N–H and O–H groups in total. The normalized spacial score (nSPS) is 14.6. The number of esters is 1. The fourth-order valence-corrected chi connectivity index (χ4v) is 4.41. The van der Waals surface area contributed by atoms with Crippen LogP contribution in [0.25, 0.3) is 0 Å². The smallest absolute Gasteiger partial charge is 0.338 e. The van der Waals surface area contributed by atoms with Gasteiger partial charge >= 0.3 is 5.97 Å².